The van der Waals surface area contributed by atoms with Gasteiger partial charge in [0.15, 0.2) is 23.9 Å². The van der Waals surface area contributed by atoms with Gasteiger partial charge in [0.2, 0.25) is 23.8 Å². The number of hydrogen-bond donors (Lipinski definition) is 9. The van der Waals surface area contributed by atoms with Crippen LogP contribution in [0.4, 0.5) is 0 Å². The van der Waals surface area contributed by atoms with Gasteiger partial charge in [-0.1, -0.05) is 0 Å². The summed E-state index contributed by atoms with van der Waals surface area (Å²) in [5.74, 6) is -2.71. The molecule has 18 heteroatoms. The zero-order valence-corrected chi connectivity index (χ0v) is 27.2. The van der Waals surface area contributed by atoms with Crippen LogP contribution in [0, 0.1) is 0 Å². The number of ketones is 1. The van der Waals surface area contributed by atoms with Gasteiger partial charge in [0.1, 0.15) is 77.0 Å². The number of aromatic hydroxyl groups is 2. The van der Waals surface area contributed by atoms with Crippen molar-refractivity contribution < 1.29 is 83.6 Å². The van der Waals surface area contributed by atoms with Gasteiger partial charge in [0, 0.05) is 17.7 Å². The van der Waals surface area contributed by atoms with Crippen LogP contribution in [-0.4, -0.2) is 138 Å². The molecule has 0 aliphatic carbocycles. The fourth-order valence-electron chi connectivity index (χ4n) is 6.01. The van der Waals surface area contributed by atoms with E-state index in [0.717, 1.165) is 6.07 Å². The van der Waals surface area contributed by atoms with Crippen LogP contribution in [0.2, 0.25) is 0 Å². The van der Waals surface area contributed by atoms with Crippen LogP contribution in [0.25, 0.3) is 22.3 Å². The summed E-state index contributed by atoms with van der Waals surface area (Å²) in [5, 5.41) is 93.5. The van der Waals surface area contributed by atoms with Crippen LogP contribution in [0.15, 0.2) is 45.6 Å². The normalized spacial score (nSPS) is 37.3. The Morgan fingerprint density at radius 2 is 1.29 bits per heavy atom. The van der Waals surface area contributed by atoms with Crippen LogP contribution < -0.4 is 14.9 Å². The molecular weight excluding hydrogens is 684 g/mol. The van der Waals surface area contributed by atoms with Gasteiger partial charge in [-0.05, 0) is 45.0 Å². The molecule has 0 bridgehead atoms. The number of carbonyl (C=O) groups is 1. The van der Waals surface area contributed by atoms with E-state index in [1.807, 2.05) is 0 Å². The topological polar surface area (TPSA) is 285 Å². The van der Waals surface area contributed by atoms with Gasteiger partial charge in [-0.15, -0.1) is 0 Å². The van der Waals surface area contributed by atoms with E-state index in [4.69, 9.17) is 32.8 Å². The lowest BCUT2D eigenvalue weighted by Gasteiger charge is -2.44. The zero-order valence-electron chi connectivity index (χ0n) is 27.2. The largest absolute Gasteiger partial charge is 0.508 e. The lowest BCUT2D eigenvalue weighted by Crippen LogP contribution is -2.63. The van der Waals surface area contributed by atoms with Gasteiger partial charge < -0.3 is 78.8 Å². The number of carbonyl (C=O) groups excluding carboxylic acids is 1. The summed E-state index contributed by atoms with van der Waals surface area (Å²) in [7, 11) is 0. The van der Waals surface area contributed by atoms with Gasteiger partial charge in [-0.2, -0.15) is 0 Å². The number of aliphatic hydroxyl groups is 7. The lowest BCUT2D eigenvalue weighted by molar-refractivity contribution is -0.334. The van der Waals surface area contributed by atoms with Crippen LogP contribution >= 0.6 is 0 Å². The van der Waals surface area contributed by atoms with E-state index >= 15 is 0 Å². The third kappa shape index (κ3) is 6.88. The first kappa shape index (κ1) is 36.9. The number of ether oxygens (including phenoxy) is 6. The Morgan fingerprint density at radius 1 is 0.667 bits per heavy atom. The van der Waals surface area contributed by atoms with Crippen molar-refractivity contribution in [3.05, 3.63) is 46.6 Å². The molecule has 18 nitrogen and oxygen atoms in total. The van der Waals surface area contributed by atoms with Gasteiger partial charge in [-0.3, -0.25) is 9.59 Å². The average Bonchev–Trinajstić information content (AvgIpc) is 3.09. The summed E-state index contributed by atoms with van der Waals surface area (Å²) >= 11 is 0. The summed E-state index contributed by atoms with van der Waals surface area (Å²) in [4.78, 5) is 26.3. The molecule has 0 saturated carbocycles. The molecule has 3 aliphatic rings. The molecular formula is C33H38O18. The van der Waals surface area contributed by atoms with Crippen LogP contribution in [0.3, 0.4) is 0 Å². The van der Waals surface area contributed by atoms with Crippen molar-refractivity contribution in [1.29, 1.82) is 0 Å². The predicted molar refractivity (Wildman–Crippen MR) is 167 cm³/mol. The molecule has 3 aliphatic heterocycles. The Labute approximate surface area is 288 Å². The molecule has 0 unspecified atom stereocenters. The van der Waals surface area contributed by atoms with Crippen molar-refractivity contribution in [3.8, 4) is 34.3 Å². The number of hydrogen-bond acceptors (Lipinski definition) is 18. The number of benzene rings is 2. The molecule has 278 valence electrons. The van der Waals surface area contributed by atoms with Crippen molar-refractivity contribution in [2.24, 2.45) is 0 Å². The highest BCUT2D eigenvalue weighted by Crippen LogP contribution is 2.39. The highest BCUT2D eigenvalue weighted by atomic mass is 16.8. The van der Waals surface area contributed by atoms with E-state index in [1.165, 1.54) is 51.1 Å². The summed E-state index contributed by atoms with van der Waals surface area (Å²) in [6, 6.07) is 7.49. The van der Waals surface area contributed by atoms with E-state index in [1.54, 1.807) is 0 Å². The SMILES string of the molecule is C[C@@H]1O[C@@H](O[C@H]2[C@H](Oc3c(-c4ccc(O)cc4)oc4cc(O[C@@H]5O[C@@H](C)[C@H](O)[C@@H](O)[C@H]5O)cc(O)c4c3=O)O[C@@H](C)[C@H](O)[C@H]2O)[C@H](O)[C@H](O)C1=O. The monoisotopic (exact) mass is 722 g/mol. The van der Waals surface area contributed by atoms with Crippen LogP contribution in [0.1, 0.15) is 20.8 Å². The lowest BCUT2D eigenvalue weighted by atomic mass is 9.98. The Balaban J connectivity index is 1.40. The predicted octanol–water partition coefficient (Wildman–Crippen LogP) is -1.66. The first-order chi connectivity index (χ1) is 24.1. The molecule has 9 N–H and O–H groups in total. The molecule has 1 aromatic heterocycles. The molecule has 3 fully saturated rings. The summed E-state index contributed by atoms with van der Waals surface area (Å²) in [5.41, 5.74) is -1.09. The van der Waals surface area contributed by atoms with E-state index in [-0.39, 0.29) is 28.4 Å². The first-order valence-electron chi connectivity index (χ1n) is 16.0. The maximum absolute atomic E-state index is 14.2. The minimum absolute atomic E-state index is 0.138. The van der Waals surface area contributed by atoms with Crippen molar-refractivity contribution in [3.63, 3.8) is 0 Å². The van der Waals surface area contributed by atoms with E-state index in [2.05, 4.69) is 0 Å². The van der Waals surface area contributed by atoms with Gasteiger partial charge in [0.05, 0.1) is 12.2 Å². The molecule has 0 radical (unpaired) electrons. The van der Waals surface area contributed by atoms with Gasteiger partial charge in [-0.25, -0.2) is 0 Å². The number of phenols is 2. The second kappa shape index (κ2) is 14.2. The molecule has 6 rings (SSSR count). The number of Topliss-reactive ketones (excluding diaryl/α,β-unsaturated/α-hetero) is 1. The number of aliphatic hydroxyl groups excluding tert-OH is 7. The molecule has 0 amide bonds. The Morgan fingerprint density at radius 3 is 1.96 bits per heavy atom. The van der Waals surface area contributed by atoms with Crippen molar-refractivity contribution in [1.82, 2.24) is 0 Å². The minimum atomic E-state index is -1.92. The quantitative estimate of drug-likeness (QED) is 0.132. The molecule has 3 aromatic rings. The van der Waals surface area contributed by atoms with Crippen molar-refractivity contribution in [2.75, 3.05) is 0 Å². The molecule has 0 spiro atoms. The molecule has 2 aromatic carbocycles. The maximum atomic E-state index is 14.2. The third-order valence-corrected chi connectivity index (χ3v) is 9.04. The Kier molecular flexibility index (Phi) is 10.3. The van der Waals surface area contributed by atoms with E-state index < -0.39 is 114 Å². The number of fused-ring (bicyclic) bond motifs is 1. The van der Waals surface area contributed by atoms with Crippen molar-refractivity contribution in [2.45, 2.75) is 107 Å². The first-order valence-corrected chi connectivity index (χ1v) is 16.0. The zero-order chi connectivity index (χ0) is 37.0. The van der Waals surface area contributed by atoms with Crippen LogP contribution in [-0.2, 0) is 23.7 Å². The fraction of sp³-hybridized carbons (Fsp3) is 0.515. The van der Waals surface area contributed by atoms with Crippen molar-refractivity contribution >= 4 is 16.8 Å². The second-order valence-electron chi connectivity index (χ2n) is 12.6. The van der Waals surface area contributed by atoms with E-state index in [0.29, 0.717) is 0 Å². The standard InChI is InChI=1S/C33H38O18/c1-10-19(36)23(40)26(43)31(45-10)48-15-8-16(35)18-17(9-15)49-28(13-4-6-14(34)7-5-13)29(22(18)39)50-33-30(25(42)21(38)12(3)47-33)51-32-27(44)24(41)20(37)11(2)46-32/h4-12,19,21,23-27,30-36,38,40-44H,1-3H3/t10-,11-,12-,19-,21-,23+,24+,25+,26+,27+,30+,31-,32-,33-/m0/s1. The van der Waals surface area contributed by atoms with Gasteiger partial charge >= 0.3 is 0 Å². The van der Waals surface area contributed by atoms with Gasteiger partial charge in [0.25, 0.3) is 0 Å². The fourth-order valence-corrected chi connectivity index (χ4v) is 6.01. The third-order valence-electron chi connectivity index (χ3n) is 9.04. The van der Waals surface area contributed by atoms with E-state index in [9.17, 15) is 55.5 Å². The highest BCUT2D eigenvalue weighted by molar-refractivity contribution is 5.89. The Bertz CT molecular complexity index is 1800. The summed E-state index contributed by atoms with van der Waals surface area (Å²) in [6.07, 6.45) is -21.9. The summed E-state index contributed by atoms with van der Waals surface area (Å²) < 4.78 is 40.1. The smallest absolute Gasteiger partial charge is 0.239 e. The highest BCUT2D eigenvalue weighted by Gasteiger charge is 2.50. The minimum Gasteiger partial charge on any atom is -0.508 e. The Hall–Kier alpha value is -3.92. The number of rotatable bonds is 7. The molecule has 51 heavy (non-hydrogen) atoms. The maximum Gasteiger partial charge on any atom is 0.239 e. The molecule has 14 atom stereocenters. The molecule has 4 heterocycles. The number of phenolic OH excluding ortho intramolecular Hbond substituents is 2. The molecule has 3 saturated heterocycles. The summed E-state index contributed by atoms with van der Waals surface area (Å²) in [6.45, 7) is 4.14. The van der Waals surface area contributed by atoms with Crippen LogP contribution in [0.5, 0.6) is 23.0 Å². The average molecular weight is 723 g/mol. The second-order valence-corrected chi connectivity index (χ2v) is 12.6.